The van der Waals surface area contributed by atoms with Gasteiger partial charge >= 0.3 is 0 Å². The summed E-state index contributed by atoms with van der Waals surface area (Å²) in [4.78, 5) is 18.3. The van der Waals surface area contributed by atoms with E-state index in [2.05, 4.69) is 21.8 Å². The minimum atomic E-state index is -0.208. The maximum Gasteiger partial charge on any atom is 0.257 e. The fraction of sp³-hybridized carbons (Fsp3) is 0.565. The molecule has 0 unspecified atom stereocenters. The largest absolute Gasteiger partial charge is 0.333 e. The van der Waals surface area contributed by atoms with E-state index in [1.807, 2.05) is 23.7 Å². The molecule has 0 aliphatic carbocycles. The monoisotopic (exact) mass is 396 g/mol. The number of rotatable bonds is 4. The number of fused-ring (bicyclic) bond motifs is 2. The third kappa shape index (κ3) is 3.00. The molecule has 154 valence electrons. The van der Waals surface area contributed by atoms with E-state index in [0.717, 1.165) is 55.7 Å². The van der Waals surface area contributed by atoms with Crippen LogP contribution in [0.3, 0.4) is 0 Å². The first-order valence-electron chi connectivity index (χ1n) is 10.9. The number of benzene rings is 1. The quantitative estimate of drug-likeness (QED) is 0.795. The number of carbonyl (C=O) groups is 1. The number of hydrogen-bond acceptors (Lipinski definition) is 3. The minimum absolute atomic E-state index is 0.109. The van der Waals surface area contributed by atoms with E-state index in [1.54, 1.807) is 18.3 Å². The van der Waals surface area contributed by atoms with Crippen molar-refractivity contribution in [1.82, 2.24) is 19.6 Å². The minimum Gasteiger partial charge on any atom is -0.333 e. The molecule has 0 spiro atoms. The van der Waals surface area contributed by atoms with Crippen molar-refractivity contribution in [3.8, 4) is 0 Å². The Hall–Kier alpha value is -2.21. The first kappa shape index (κ1) is 18.8. The van der Waals surface area contributed by atoms with Crippen LogP contribution in [0, 0.1) is 18.7 Å². The number of halogens is 1. The zero-order chi connectivity index (χ0) is 20.1. The molecule has 1 aromatic carbocycles. The molecule has 0 N–H and O–H groups in total. The van der Waals surface area contributed by atoms with Crippen LogP contribution in [-0.4, -0.2) is 57.2 Å². The van der Waals surface area contributed by atoms with Crippen LogP contribution in [0.4, 0.5) is 4.39 Å². The maximum atomic E-state index is 13.6. The van der Waals surface area contributed by atoms with Crippen molar-refractivity contribution in [2.24, 2.45) is 5.92 Å². The van der Waals surface area contributed by atoms with E-state index in [9.17, 15) is 9.18 Å². The van der Waals surface area contributed by atoms with Crippen molar-refractivity contribution in [2.45, 2.75) is 57.7 Å². The Balaban J connectivity index is 1.50. The van der Waals surface area contributed by atoms with Crippen LogP contribution in [0.25, 0.3) is 0 Å². The van der Waals surface area contributed by atoms with Crippen molar-refractivity contribution < 1.29 is 9.18 Å². The molecule has 0 saturated carbocycles. The number of nitrogens with zero attached hydrogens (tertiary/aromatic N) is 4. The summed E-state index contributed by atoms with van der Waals surface area (Å²) in [7, 11) is 0. The molecule has 4 fully saturated rings. The highest BCUT2D eigenvalue weighted by Crippen LogP contribution is 2.47. The summed E-state index contributed by atoms with van der Waals surface area (Å²) in [5.41, 5.74) is 2.83. The van der Waals surface area contributed by atoms with E-state index in [4.69, 9.17) is 0 Å². The summed E-state index contributed by atoms with van der Waals surface area (Å²) in [5.74, 6) is 0.697. The van der Waals surface area contributed by atoms with Gasteiger partial charge in [-0.1, -0.05) is 19.1 Å². The van der Waals surface area contributed by atoms with Crippen molar-refractivity contribution in [2.75, 3.05) is 19.6 Å². The lowest BCUT2D eigenvalue weighted by atomic mass is 9.75. The summed E-state index contributed by atoms with van der Waals surface area (Å²) in [6.45, 7) is 7.87. The number of aryl methyl sites for hydroxylation is 1. The van der Waals surface area contributed by atoms with Gasteiger partial charge in [-0.05, 0) is 62.9 Å². The van der Waals surface area contributed by atoms with Crippen LogP contribution in [0.2, 0.25) is 0 Å². The van der Waals surface area contributed by atoms with Crippen LogP contribution < -0.4 is 0 Å². The summed E-state index contributed by atoms with van der Waals surface area (Å²) in [6, 6.07) is 7.48. The van der Waals surface area contributed by atoms with E-state index in [0.29, 0.717) is 18.5 Å². The molecule has 2 bridgehead atoms. The number of likely N-dealkylation sites (tertiary alicyclic amines) is 1. The van der Waals surface area contributed by atoms with E-state index in [-0.39, 0.29) is 23.7 Å². The molecule has 6 heteroatoms. The molecular weight excluding hydrogens is 367 g/mol. The maximum absolute atomic E-state index is 13.6. The molecule has 3 atom stereocenters. The van der Waals surface area contributed by atoms with Crippen molar-refractivity contribution in [3.05, 3.63) is 53.1 Å². The molecular formula is C23H29FN4O. The molecule has 5 heterocycles. The van der Waals surface area contributed by atoms with Gasteiger partial charge in [0.25, 0.3) is 5.91 Å². The van der Waals surface area contributed by atoms with Crippen molar-refractivity contribution in [3.63, 3.8) is 0 Å². The second kappa shape index (κ2) is 7.24. The molecule has 4 aliphatic heterocycles. The van der Waals surface area contributed by atoms with E-state index < -0.39 is 0 Å². The topological polar surface area (TPSA) is 41.4 Å². The fourth-order valence-corrected chi connectivity index (χ4v) is 5.91. The average molecular weight is 397 g/mol. The summed E-state index contributed by atoms with van der Waals surface area (Å²) >= 11 is 0. The van der Waals surface area contributed by atoms with E-state index in [1.165, 1.54) is 0 Å². The number of carbonyl (C=O) groups excluding carboxylic acids is 1. The highest BCUT2D eigenvalue weighted by molar-refractivity contribution is 5.95. The van der Waals surface area contributed by atoms with Crippen LogP contribution in [-0.2, 0) is 6.54 Å². The normalized spacial score (nSPS) is 30.6. The Labute approximate surface area is 171 Å². The second-order valence-corrected chi connectivity index (χ2v) is 8.84. The van der Waals surface area contributed by atoms with Crippen molar-refractivity contribution in [1.29, 1.82) is 0 Å². The van der Waals surface area contributed by atoms with Gasteiger partial charge in [0.2, 0.25) is 0 Å². The number of aromatic nitrogens is 2. The molecule has 29 heavy (non-hydrogen) atoms. The predicted molar refractivity (Wildman–Crippen MR) is 109 cm³/mol. The number of piperidine rings is 3. The van der Waals surface area contributed by atoms with Gasteiger partial charge in [-0.25, -0.2) is 4.39 Å². The molecule has 6 rings (SSSR count). The Morgan fingerprint density at radius 3 is 2.59 bits per heavy atom. The van der Waals surface area contributed by atoms with Gasteiger partial charge in [-0.15, -0.1) is 0 Å². The molecule has 1 amide bonds. The third-order valence-corrected chi connectivity index (χ3v) is 7.32. The van der Waals surface area contributed by atoms with E-state index >= 15 is 0 Å². The highest BCUT2D eigenvalue weighted by atomic mass is 19.1. The smallest absolute Gasteiger partial charge is 0.257 e. The summed E-state index contributed by atoms with van der Waals surface area (Å²) < 4.78 is 15.4. The van der Waals surface area contributed by atoms with Gasteiger partial charge in [-0.3, -0.25) is 14.4 Å². The molecule has 2 aromatic rings. The summed E-state index contributed by atoms with van der Waals surface area (Å²) in [6.07, 6.45) is 5.06. The van der Waals surface area contributed by atoms with Crippen molar-refractivity contribution >= 4 is 5.91 Å². The van der Waals surface area contributed by atoms with Gasteiger partial charge in [-0.2, -0.15) is 5.10 Å². The Morgan fingerprint density at radius 1 is 1.17 bits per heavy atom. The van der Waals surface area contributed by atoms with Crippen LogP contribution in [0.5, 0.6) is 0 Å². The standard InChI is InChI=1S/C23H29FN4O/c1-3-10-28-15(2)19(13-25-28)23(29)27-14-20(16-4-6-18(24)7-5-16)22-21(27)17-8-11-26(22)12-9-17/h4-7,13,17,20-22H,3,8-12,14H2,1-2H3/t20-,21+,22+/m0/s1. The summed E-state index contributed by atoms with van der Waals surface area (Å²) in [5, 5.41) is 4.45. The first-order chi connectivity index (χ1) is 14.1. The molecule has 0 radical (unpaired) electrons. The lowest BCUT2D eigenvalue weighted by Gasteiger charge is -2.51. The lowest BCUT2D eigenvalue weighted by Crippen LogP contribution is -2.60. The molecule has 4 saturated heterocycles. The average Bonchev–Trinajstić information content (AvgIpc) is 3.33. The molecule has 4 aliphatic rings. The predicted octanol–water partition coefficient (Wildman–Crippen LogP) is 3.44. The molecule has 5 nitrogen and oxygen atoms in total. The van der Waals surface area contributed by atoms with Crippen LogP contribution >= 0.6 is 0 Å². The number of amides is 1. The van der Waals surface area contributed by atoms with Crippen LogP contribution in [0.15, 0.2) is 30.5 Å². The Morgan fingerprint density at radius 2 is 1.90 bits per heavy atom. The van der Waals surface area contributed by atoms with Gasteiger partial charge in [0.15, 0.2) is 0 Å². The zero-order valence-electron chi connectivity index (χ0n) is 17.2. The van der Waals surface area contributed by atoms with Gasteiger partial charge < -0.3 is 4.90 Å². The zero-order valence-corrected chi connectivity index (χ0v) is 17.2. The number of hydrogen-bond donors (Lipinski definition) is 0. The fourth-order valence-electron chi connectivity index (χ4n) is 5.91. The lowest BCUT2D eigenvalue weighted by molar-refractivity contribution is -0.00343. The first-order valence-corrected chi connectivity index (χ1v) is 10.9. The van der Waals surface area contributed by atoms with Gasteiger partial charge in [0.05, 0.1) is 17.8 Å². The Kier molecular flexibility index (Phi) is 4.69. The second-order valence-electron chi connectivity index (χ2n) is 8.84. The Bertz CT molecular complexity index is 900. The van der Waals surface area contributed by atoms with Gasteiger partial charge in [0, 0.05) is 30.7 Å². The molecule has 1 aromatic heterocycles. The van der Waals surface area contributed by atoms with Crippen LogP contribution in [0.1, 0.15) is 53.7 Å². The SMILES string of the molecule is CCCn1ncc(C(=O)N2C[C@@H](c3ccc(F)cc3)[C@@H]3[C@H]2C2CCN3CC2)c1C. The third-order valence-electron chi connectivity index (χ3n) is 7.32. The van der Waals surface area contributed by atoms with Gasteiger partial charge in [0.1, 0.15) is 5.82 Å². The highest BCUT2D eigenvalue weighted by Gasteiger charge is 2.54.